The molecule has 0 radical (unpaired) electrons. The van der Waals surface area contributed by atoms with Gasteiger partial charge in [0.25, 0.3) is 0 Å². The van der Waals surface area contributed by atoms with Gasteiger partial charge in [-0.25, -0.2) is 9.59 Å². The van der Waals surface area contributed by atoms with Crippen LogP contribution >= 0.6 is 11.6 Å². The molecule has 0 heterocycles. The fraction of sp³-hybridized carbons (Fsp3) is 0. The van der Waals surface area contributed by atoms with Gasteiger partial charge in [-0.05, 0) is 18.2 Å². The van der Waals surface area contributed by atoms with Crippen LogP contribution in [-0.2, 0) is 0 Å². The van der Waals surface area contributed by atoms with Crippen molar-refractivity contribution in [2.45, 2.75) is 0 Å². The van der Waals surface area contributed by atoms with Crippen molar-refractivity contribution in [3.05, 3.63) is 34.3 Å². The predicted octanol–water partition coefficient (Wildman–Crippen LogP) is -1.15. The predicted molar refractivity (Wildman–Crippen MR) is 46.5 cm³/mol. The van der Waals surface area contributed by atoms with Gasteiger partial charge in [0.1, 0.15) is 0 Å². The van der Waals surface area contributed by atoms with E-state index in [2.05, 4.69) is 0 Å². The summed E-state index contributed by atoms with van der Waals surface area (Å²) in [5.41, 5.74) is -0.572. The minimum Gasteiger partial charge on any atom is -1.00 e. The van der Waals surface area contributed by atoms with Gasteiger partial charge in [0.05, 0.1) is 11.1 Å². The summed E-state index contributed by atoms with van der Waals surface area (Å²) < 4.78 is 0. The van der Waals surface area contributed by atoms with Gasteiger partial charge in [-0.2, -0.15) is 0 Å². The molecule has 4 nitrogen and oxygen atoms in total. The molecule has 14 heavy (non-hydrogen) atoms. The SMILES string of the molecule is O=C(O)c1ccc(Cl)cc1C(=O)O.[H-].[Na+]. The van der Waals surface area contributed by atoms with Crippen molar-refractivity contribution in [1.82, 2.24) is 0 Å². The molecular weight excluding hydrogens is 219 g/mol. The number of aromatic carboxylic acids is 2. The van der Waals surface area contributed by atoms with E-state index in [1.807, 2.05) is 0 Å². The van der Waals surface area contributed by atoms with Gasteiger partial charge >= 0.3 is 41.5 Å². The van der Waals surface area contributed by atoms with Crippen LogP contribution in [0.5, 0.6) is 0 Å². The Morgan fingerprint density at radius 3 is 2.07 bits per heavy atom. The zero-order valence-electron chi connectivity index (χ0n) is 8.32. The van der Waals surface area contributed by atoms with E-state index in [-0.39, 0.29) is 47.1 Å². The van der Waals surface area contributed by atoms with Gasteiger partial charge in [-0.1, -0.05) is 11.6 Å². The Morgan fingerprint density at radius 2 is 1.64 bits per heavy atom. The molecular formula is C8H6ClNaO4. The second kappa shape index (κ2) is 5.36. The average Bonchev–Trinajstić information content (AvgIpc) is 2.03. The smallest absolute Gasteiger partial charge is 1.00 e. The molecule has 0 atom stereocenters. The Kier molecular flexibility index (Phi) is 5.15. The summed E-state index contributed by atoms with van der Waals surface area (Å²) >= 11 is 5.51. The average molecular weight is 225 g/mol. The first-order valence-corrected chi connectivity index (χ1v) is 3.66. The molecule has 0 unspecified atom stereocenters. The van der Waals surface area contributed by atoms with Crippen molar-refractivity contribution >= 4 is 23.5 Å². The maximum absolute atomic E-state index is 10.6. The number of carbonyl (C=O) groups is 2. The largest absolute Gasteiger partial charge is 1.00 e. The summed E-state index contributed by atoms with van der Waals surface area (Å²) in [6, 6.07) is 3.60. The number of halogens is 1. The molecule has 1 aromatic carbocycles. The summed E-state index contributed by atoms with van der Waals surface area (Å²) in [5, 5.41) is 17.4. The van der Waals surface area contributed by atoms with Crippen molar-refractivity contribution in [3.8, 4) is 0 Å². The minimum atomic E-state index is -1.31. The van der Waals surface area contributed by atoms with Crippen molar-refractivity contribution in [3.63, 3.8) is 0 Å². The Hall–Kier alpha value is -0.550. The molecule has 1 aromatic rings. The van der Waals surface area contributed by atoms with E-state index in [1.54, 1.807) is 0 Å². The summed E-state index contributed by atoms with van der Waals surface area (Å²) in [4.78, 5) is 21.1. The van der Waals surface area contributed by atoms with Gasteiger partial charge in [0, 0.05) is 5.02 Å². The number of benzene rings is 1. The summed E-state index contributed by atoms with van der Waals surface area (Å²) in [6.07, 6.45) is 0. The molecule has 0 aromatic heterocycles. The van der Waals surface area contributed by atoms with Crippen LogP contribution in [0.25, 0.3) is 0 Å². The third kappa shape index (κ3) is 2.99. The van der Waals surface area contributed by atoms with Crippen molar-refractivity contribution in [1.29, 1.82) is 0 Å². The van der Waals surface area contributed by atoms with Crippen molar-refractivity contribution in [2.75, 3.05) is 0 Å². The van der Waals surface area contributed by atoms with E-state index in [9.17, 15) is 9.59 Å². The molecule has 0 amide bonds. The van der Waals surface area contributed by atoms with Crippen molar-refractivity contribution in [2.24, 2.45) is 0 Å². The Labute approximate surface area is 108 Å². The first-order chi connectivity index (χ1) is 6.02. The molecule has 70 valence electrons. The Morgan fingerprint density at radius 1 is 1.14 bits per heavy atom. The standard InChI is InChI=1S/C8H5ClO4.Na.H/c9-4-1-2-5(7(10)11)6(3-4)8(12)13;;/h1-3H,(H,10,11)(H,12,13);;/q;+1;-1. The first kappa shape index (κ1) is 13.4. The van der Waals surface area contributed by atoms with E-state index in [4.69, 9.17) is 21.8 Å². The van der Waals surface area contributed by atoms with E-state index >= 15 is 0 Å². The second-order valence-corrected chi connectivity index (χ2v) is 2.74. The molecule has 0 aliphatic heterocycles. The van der Waals surface area contributed by atoms with Crippen LogP contribution in [-0.4, -0.2) is 22.2 Å². The Bertz CT molecular complexity index is 383. The Balaban J connectivity index is 0. The first-order valence-electron chi connectivity index (χ1n) is 3.28. The van der Waals surface area contributed by atoms with Crippen LogP contribution in [0.2, 0.25) is 5.02 Å². The second-order valence-electron chi connectivity index (χ2n) is 2.30. The quantitative estimate of drug-likeness (QED) is 0.623. The van der Waals surface area contributed by atoms with E-state index in [0.29, 0.717) is 0 Å². The number of rotatable bonds is 2. The molecule has 2 N–H and O–H groups in total. The minimum absolute atomic E-state index is 0. The van der Waals surface area contributed by atoms with E-state index < -0.39 is 11.9 Å². The summed E-state index contributed by atoms with van der Waals surface area (Å²) in [7, 11) is 0. The van der Waals surface area contributed by atoms with Gasteiger partial charge < -0.3 is 11.6 Å². The monoisotopic (exact) mass is 224 g/mol. The molecule has 6 heteroatoms. The molecule has 0 fully saturated rings. The molecule has 0 spiro atoms. The fourth-order valence-corrected chi connectivity index (χ4v) is 1.05. The van der Waals surface area contributed by atoms with Crippen LogP contribution in [0.4, 0.5) is 0 Å². The van der Waals surface area contributed by atoms with Crippen molar-refractivity contribution < 1.29 is 50.8 Å². The van der Waals surface area contributed by atoms with Gasteiger partial charge in [-0.3, -0.25) is 0 Å². The third-order valence-electron chi connectivity index (χ3n) is 1.44. The van der Waals surface area contributed by atoms with Crippen LogP contribution in [0.15, 0.2) is 18.2 Å². The molecule has 0 saturated heterocycles. The van der Waals surface area contributed by atoms with Crippen LogP contribution in [0, 0.1) is 0 Å². The summed E-state index contributed by atoms with van der Waals surface area (Å²) in [6.45, 7) is 0. The van der Waals surface area contributed by atoms with E-state index in [0.717, 1.165) is 12.1 Å². The number of hydrogen-bond acceptors (Lipinski definition) is 2. The fourth-order valence-electron chi connectivity index (χ4n) is 0.880. The van der Waals surface area contributed by atoms with Crippen LogP contribution in [0.1, 0.15) is 22.1 Å². The molecule has 0 saturated carbocycles. The molecule has 0 bridgehead atoms. The molecule has 1 rings (SSSR count). The van der Waals surface area contributed by atoms with Gasteiger partial charge in [-0.15, -0.1) is 0 Å². The zero-order chi connectivity index (χ0) is 10.0. The van der Waals surface area contributed by atoms with Gasteiger partial charge in [0.15, 0.2) is 0 Å². The maximum Gasteiger partial charge on any atom is 1.00 e. The number of carboxylic acids is 2. The number of hydrogen-bond donors (Lipinski definition) is 2. The molecule has 0 aliphatic carbocycles. The summed E-state index contributed by atoms with van der Waals surface area (Å²) in [5.74, 6) is -2.59. The third-order valence-corrected chi connectivity index (χ3v) is 1.68. The van der Waals surface area contributed by atoms with E-state index in [1.165, 1.54) is 6.07 Å². The topological polar surface area (TPSA) is 74.6 Å². The zero-order valence-corrected chi connectivity index (χ0v) is 10.1. The number of carboxylic acid groups (broad SMARTS) is 2. The van der Waals surface area contributed by atoms with Crippen LogP contribution < -0.4 is 29.6 Å². The van der Waals surface area contributed by atoms with Gasteiger partial charge in [0.2, 0.25) is 0 Å². The maximum atomic E-state index is 10.6. The normalized spacial score (nSPS) is 8.93. The van der Waals surface area contributed by atoms with Crippen LogP contribution in [0.3, 0.4) is 0 Å². The molecule has 0 aliphatic rings.